The Balaban J connectivity index is 2.15. The van der Waals surface area contributed by atoms with Crippen molar-refractivity contribution in [2.45, 2.75) is 51.6 Å². The molecule has 3 heteroatoms. The van der Waals surface area contributed by atoms with Gasteiger partial charge >= 0.3 is 5.97 Å². The van der Waals surface area contributed by atoms with Crippen LogP contribution in [0.25, 0.3) is 0 Å². The maximum atomic E-state index is 12.2. The number of rotatable bonds is 4. The third-order valence-electron chi connectivity index (χ3n) is 3.89. The number of hydrogen-bond donors (Lipinski definition) is 1. The minimum absolute atomic E-state index is 0.0122. The molecule has 0 spiro atoms. The fourth-order valence-electron chi connectivity index (χ4n) is 2.34. The van der Waals surface area contributed by atoms with E-state index < -0.39 is 5.97 Å². The second kappa shape index (κ2) is 6.60. The zero-order valence-electron chi connectivity index (χ0n) is 12.1. The van der Waals surface area contributed by atoms with Crippen LogP contribution in [0.1, 0.15) is 61.4 Å². The molecule has 2 rings (SSSR count). The number of aromatic hydroxyl groups is 1. The average molecular weight is 274 g/mol. The van der Waals surface area contributed by atoms with Crippen molar-refractivity contribution in [1.29, 1.82) is 0 Å². The monoisotopic (exact) mass is 274 g/mol. The van der Waals surface area contributed by atoms with E-state index in [-0.39, 0.29) is 17.4 Å². The number of esters is 1. The van der Waals surface area contributed by atoms with E-state index in [0.717, 1.165) is 31.2 Å². The molecule has 0 saturated heterocycles. The summed E-state index contributed by atoms with van der Waals surface area (Å²) in [5.74, 6) is -0.0947. The van der Waals surface area contributed by atoms with Gasteiger partial charge in [0.25, 0.3) is 0 Å². The van der Waals surface area contributed by atoms with E-state index in [1.54, 1.807) is 12.1 Å². The molecule has 1 N–H and O–H groups in total. The third-order valence-corrected chi connectivity index (χ3v) is 3.89. The second-order valence-electron chi connectivity index (χ2n) is 5.39. The number of carbonyl (C=O) groups is 1. The van der Waals surface area contributed by atoms with Gasteiger partial charge in [-0.05, 0) is 55.4 Å². The molecule has 20 heavy (non-hydrogen) atoms. The first-order chi connectivity index (χ1) is 9.61. The van der Waals surface area contributed by atoms with Crippen molar-refractivity contribution in [1.82, 2.24) is 0 Å². The fraction of sp³-hybridized carbons (Fsp3) is 0.471. The summed E-state index contributed by atoms with van der Waals surface area (Å²) in [6, 6.07) is 5.19. The fourth-order valence-corrected chi connectivity index (χ4v) is 2.34. The number of hydrogen-bond acceptors (Lipinski definition) is 3. The Morgan fingerprint density at radius 3 is 2.95 bits per heavy atom. The summed E-state index contributed by atoms with van der Waals surface area (Å²) in [6.07, 6.45) is 7.73. The molecule has 2 unspecified atom stereocenters. The van der Waals surface area contributed by atoms with Crippen molar-refractivity contribution in [2.24, 2.45) is 0 Å². The average Bonchev–Trinajstić information content (AvgIpc) is 2.48. The lowest BCUT2D eigenvalue weighted by molar-refractivity contribution is 0.0366. The van der Waals surface area contributed by atoms with Gasteiger partial charge in [0.05, 0.1) is 0 Å². The van der Waals surface area contributed by atoms with E-state index in [4.69, 9.17) is 4.74 Å². The topological polar surface area (TPSA) is 46.5 Å². The first kappa shape index (κ1) is 14.6. The van der Waals surface area contributed by atoms with Gasteiger partial charge in [0.1, 0.15) is 17.4 Å². The zero-order chi connectivity index (χ0) is 14.5. The standard InChI is InChI=1S/C17H22O3/c1-3-12(2)13-9-10-16(18)15(11-13)17(19)20-14-7-5-4-6-8-14/h5,7,9-12,14,18H,3-4,6,8H2,1-2H3. The highest BCUT2D eigenvalue weighted by Crippen LogP contribution is 2.26. The van der Waals surface area contributed by atoms with Crippen LogP contribution in [0.2, 0.25) is 0 Å². The minimum atomic E-state index is -0.441. The molecule has 0 saturated carbocycles. The van der Waals surface area contributed by atoms with Crippen molar-refractivity contribution < 1.29 is 14.6 Å². The number of ether oxygens (including phenoxy) is 1. The van der Waals surface area contributed by atoms with E-state index in [2.05, 4.69) is 13.8 Å². The predicted molar refractivity (Wildman–Crippen MR) is 79.0 cm³/mol. The zero-order valence-corrected chi connectivity index (χ0v) is 12.1. The smallest absolute Gasteiger partial charge is 0.342 e. The third kappa shape index (κ3) is 3.41. The van der Waals surface area contributed by atoms with E-state index in [1.807, 2.05) is 18.2 Å². The molecular weight excluding hydrogens is 252 g/mol. The highest BCUT2D eigenvalue weighted by Gasteiger charge is 2.19. The summed E-state index contributed by atoms with van der Waals surface area (Å²) in [6.45, 7) is 4.20. The molecule has 1 aromatic carbocycles. The second-order valence-corrected chi connectivity index (χ2v) is 5.39. The van der Waals surface area contributed by atoms with Crippen molar-refractivity contribution >= 4 is 5.97 Å². The molecular formula is C17H22O3. The minimum Gasteiger partial charge on any atom is -0.507 e. The van der Waals surface area contributed by atoms with Gasteiger partial charge in [-0.1, -0.05) is 26.0 Å². The van der Waals surface area contributed by atoms with Gasteiger partial charge in [0.2, 0.25) is 0 Å². The molecule has 0 fully saturated rings. The van der Waals surface area contributed by atoms with Gasteiger partial charge in [-0.25, -0.2) is 4.79 Å². The lowest BCUT2D eigenvalue weighted by atomic mass is 9.96. The lowest BCUT2D eigenvalue weighted by Gasteiger charge is -2.18. The van der Waals surface area contributed by atoms with Crippen LogP contribution < -0.4 is 0 Å². The van der Waals surface area contributed by atoms with Crippen molar-refractivity contribution in [3.05, 3.63) is 41.5 Å². The number of phenolic OH excluding ortho intramolecular Hbond substituents is 1. The Bertz CT molecular complexity index is 505. The maximum absolute atomic E-state index is 12.2. The first-order valence-corrected chi connectivity index (χ1v) is 7.32. The van der Waals surface area contributed by atoms with Gasteiger partial charge in [-0.2, -0.15) is 0 Å². The SMILES string of the molecule is CCC(C)c1ccc(O)c(C(=O)OC2C=CCCC2)c1. The number of benzene rings is 1. The van der Waals surface area contributed by atoms with E-state index >= 15 is 0 Å². The summed E-state index contributed by atoms with van der Waals surface area (Å²) in [5.41, 5.74) is 1.32. The van der Waals surface area contributed by atoms with Crippen LogP contribution in [0.5, 0.6) is 5.75 Å². The van der Waals surface area contributed by atoms with Crippen LogP contribution in [0.3, 0.4) is 0 Å². The first-order valence-electron chi connectivity index (χ1n) is 7.32. The number of carbonyl (C=O) groups excluding carboxylic acids is 1. The molecule has 108 valence electrons. The van der Waals surface area contributed by atoms with Crippen molar-refractivity contribution in [3.63, 3.8) is 0 Å². The summed E-state index contributed by atoms with van der Waals surface area (Å²) in [7, 11) is 0. The molecule has 0 aliphatic heterocycles. The van der Waals surface area contributed by atoms with Crippen LogP contribution in [0, 0.1) is 0 Å². The summed E-state index contributed by atoms with van der Waals surface area (Å²) in [5, 5.41) is 9.87. The highest BCUT2D eigenvalue weighted by atomic mass is 16.5. The van der Waals surface area contributed by atoms with Crippen LogP contribution >= 0.6 is 0 Å². The van der Waals surface area contributed by atoms with Crippen LogP contribution in [0.4, 0.5) is 0 Å². The largest absolute Gasteiger partial charge is 0.507 e. The van der Waals surface area contributed by atoms with Crippen LogP contribution in [-0.2, 0) is 4.74 Å². The predicted octanol–water partition coefficient (Wildman–Crippen LogP) is 4.17. The Kier molecular flexibility index (Phi) is 4.83. The summed E-state index contributed by atoms with van der Waals surface area (Å²) >= 11 is 0. The molecule has 1 aromatic rings. The molecule has 0 radical (unpaired) electrons. The molecule has 1 aliphatic carbocycles. The number of phenols is 1. The molecule has 0 bridgehead atoms. The molecule has 0 heterocycles. The highest BCUT2D eigenvalue weighted by molar-refractivity contribution is 5.92. The molecule has 2 atom stereocenters. The van der Waals surface area contributed by atoms with Crippen LogP contribution in [0.15, 0.2) is 30.4 Å². The lowest BCUT2D eigenvalue weighted by Crippen LogP contribution is -2.18. The summed E-state index contributed by atoms with van der Waals surface area (Å²) in [4.78, 5) is 12.2. The maximum Gasteiger partial charge on any atom is 0.342 e. The van der Waals surface area contributed by atoms with E-state index in [9.17, 15) is 9.90 Å². The van der Waals surface area contributed by atoms with Gasteiger partial charge in [0.15, 0.2) is 0 Å². The Morgan fingerprint density at radius 2 is 2.30 bits per heavy atom. The van der Waals surface area contributed by atoms with Gasteiger partial charge < -0.3 is 9.84 Å². The van der Waals surface area contributed by atoms with Crippen LogP contribution in [-0.4, -0.2) is 17.2 Å². The normalized spacial score (nSPS) is 19.6. The van der Waals surface area contributed by atoms with Gasteiger partial charge in [-0.15, -0.1) is 0 Å². The van der Waals surface area contributed by atoms with Crippen molar-refractivity contribution in [2.75, 3.05) is 0 Å². The van der Waals surface area contributed by atoms with E-state index in [0.29, 0.717) is 5.92 Å². The molecule has 0 amide bonds. The quantitative estimate of drug-likeness (QED) is 0.662. The molecule has 0 aromatic heterocycles. The van der Waals surface area contributed by atoms with E-state index in [1.165, 1.54) is 0 Å². The Hall–Kier alpha value is -1.77. The Labute approximate surface area is 120 Å². The van der Waals surface area contributed by atoms with Gasteiger partial charge in [-0.3, -0.25) is 0 Å². The van der Waals surface area contributed by atoms with Gasteiger partial charge in [0, 0.05) is 0 Å². The molecule has 3 nitrogen and oxygen atoms in total. The molecule has 1 aliphatic rings. The summed E-state index contributed by atoms with van der Waals surface area (Å²) < 4.78 is 5.44. The van der Waals surface area contributed by atoms with Crippen molar-refractivity contribution in [3.8, 4) is 5.75 Å². The number of allylic oxidation sites excluding steroid dienone is 1. The Morgan fingerprint density at radius 1 is 1.50 bits per heavy atom.